The fraction of sp³-hybridized carbons (Fsp3) is 0.409. The zero-order valence-electron chi connectivity index (χ0n) is 16.0. The summed E-state index contributed by atoms with van der Waals surface area (Å²) < 4.78 is 5.83. The summed E-state index contributed by atoms with van der Waals surface area (Å²) in [4.78, 5) is 34.0. The van der Waals surface area contributed by atoms with Gasteiger partial charge in [-0.05, 0) is 42.5 Å². The monoisotopic (exact) mass is 393 g/mol. The van der Waals surface area contributed by atoms with Crippen molar-refractivity contribution in [2.75, 3.05) is 13.2 Å². The largest absolute Gasteiger partial charge is 0.508 e. The number of aromatic hydroxyl groups is 1. The number of carbonyl (C=O) groups is 2. The fourth-order valence-electron chi connectivity index (χ4n) is 4.46. The van der Waals surface area contributed by atoms with Crippen LogP contribution in [0.25, 0.3) is 0 Å². The molecule has 150 valence electrons. The number of benzene rings is 1. The molecule has 3 heterocycles. The van der Waals surface area contributed by atoms with E-state index in [0.29, 0.717) is 19.5 Å². The number of nitrogens with zero attached hydrogens (tertiary/aromatic N) is 3. The van der Waals surface area contributed by atoms with E-state index < -0.39 is 12.1 Å². The normalized spacial score (nSPS) is 24.3. The van der Waals surface area contributed by atoms with E-state index in [1.165, 1.54) is 0 Å². The van der Waals surface area contributed by atoms with Crippen molar-refractivity contribution in [1.29, 1.82) is 0 Å². The highest BCUT2D eigenvalue weighted by molar-refractivity contribution is 5.87. The maximum absolute atomic E-state index is 13.5. The molecular weight excluding hydrogens is 370 g/mol. The number of carbonyl (C=O) groups excluding carboxylic acids is 2. The minimum Gasteiger partial charge on any atom is -0.508 e. The molecule has 0 radical (unpaired) electrons. The van der Waals surface area contributed by atoms with Crippen LogP contribution in [0.1, 0.15) is 35.6 Å². The van der Waals surface area contributed by atoms with Gasteiger partial charge in [-0.2, -0.15) is 0 Å². The SMILES string of the molecule is O=C([C@H]1OCC(=O)N(C2CC2)[C@@H]1c1cccnc1)N1CCc2c(O)cccc2C1. The molecule has 5 rings (SSSR count). The highest BCUT2D eigenvalue weighted by Crippen LogP contribution is 2.40. The minimum absolute atomic E-state index is 0.0701. The number of phenolic OH excluding ortho intramolecular Hbond substituents is 1. The summed E-state index contributed by atoms with van der Waals surface area (Å²) in [7, 11) is 0. The third kappa shape index (κ3) is 3.25. The summed E-state index contributed by atoms with van der Waals surface area (Å²) in [6, 6.07) is 8.85. The predicted octanol–water partition coefficient (Wildman–Crippen LogP) is 1.80. The van der Waals surface area contributed by atoms with E-state index in [2.05, 4.69) is 4.98 Å². The van der Waals surface area contributed by atoms with E-state index in [9.17, 15) is 14.7 Å². The molecule has 3 aliphatic rings. The summed E-state index contributed by atoms with van der Waals surface area (Å²) >= 11 is 0. The van der Waals surface area contributed by atoms with Crippen LogP contribution >= 0.6 is 0 Å². The third-order valence-corrected chi connectivity index (χ3v) is 6.02. The van der Waals surface area contributed by atoms with Gasteiger partial charge in [-0.3, -0.25) is 14.6 Å². The van der Waals surface area contributed by atoms with E-state index in [1.807, 2.05) is 23.1 Å². The van der Waals surface area contributed by atoms with Crippen LogP contribution < -0.4 is 0 Å². The maximum atomic E-state index is 13.5. The molecule has 0 bridgehead atoms. The average molecular weight is 393 g/mol. The molecule has 0 unspecified atom stereocenters. The first-order valence-electron chi connectivity index (χ1n) is 10.0. The topological polar surface area (TPSA) is 83.0 Å². The number of rotatable bonds is 3. The molecule has 2 atom stereocenters. The lowest BCUT2D eigenvalue weighted by Crippen LogP contribution is -2.56. The maximum Gasteiger partial charge on any atom is 0.254 e. The zero-order chi connectivity index (χ0) is 20.0. The van der Waals surface area contributed by atoms with Gasteiger partial charge < -0.3 is 19.6 Å². The molecule has 1 N–H and O–H groups in total. The smallest absolute Gasteiger partial charge is 0.254 e. The fourth-order valence-corrected chi connectivity index (χ4v) is 4.46. The molecular formula is C22H23N3O4. The third-order valence-electron chi connectivity index (χ3n) is 6.02. The Labute approximate surface area is 168 Å². The van der Waals surface area contributed by atoms with Gasteiger partial charge in [0.15, 0.2) is 6.10 Å². The van der Waals surface area contributed by atoms with Crippen molar-refractivity contribution >= 4 is 11.8 Å². The molecule has 7 nitrogen and oxygen atoms in total. The van der Waals surface area contributed by atoms with Crippen molar-refractivity contribution in [2.45, 2.75) is 44.0 Å². The summed E-state index contributed by atoms with van der Waals surface area (Å²) in [5, 5.41) is 10.1. The summed E-state index contributed by atoms with van der Waals surface area (Å²) in [5.41, 5.74) is 2.68. The lowest BCUT2D eigenvalue weighted by molar-refractivity contribution is -0.170. The van der Waals surface area contributed by atoms with E-state index in [4.69, 9.17) is 4.74 Å². The van der Waals surface area contributed by atoms with Crippen molar-refractivity contribution in [3.63, 3.8) is 0 Å². The molecule has 1 saturated carbocycles. The Morgan fingerprint density at radius 1 is 1.21 bits per heavy atom. The Hall–Kier alpha value is -2.93. The molecule has 2 aromatic rings. The van der Waals surface area contributed by atoms with Crippen LogP contribution in [0.4, 0.5) is 0 Å². The summed E-state index contributed by atoms with van der Waals surface area (Å²) in [6.07, 6.45) is 5.16. The van der Waals surface area contributed by atoms with Crippen LogP contribution in [0.15, 0.2) is 42.7 Å². The van der Waals surface area contributed by atoms with Gasteiger partial charge in [-0.15, -0.1) is 0 Å². The number of hydrogen-bond donors (Lipinski definition) is 1. The number of hydrogen-bond acceptors (Lipinski definition) is 5. The first-order valence-corrected chi connectivity index (χ1v) is 10.0. The number of aromatic nitrogens is 1. The molecule has 29 heavy (non-hydrogen) atoms. The quantitative estimate of drug-likeness (QED) is 0.860. The summed E-state index contributed by atoms with van der Waals surface area (Å²) in [6.45, 7) is 0.870. The van der Waals surface area contributed by atoms with Crippen molar-refractivity contribution in [2.24, 2.45) is 0 Å². The van der Waals surface area contributed by atoms with Crippen molar-refractivity contribution in [3.8, 4) is 5.75 Å². The molecule has 7 heteroatoms. The van der Waals surface area contributed by atoms with Gasteiger partial charge in [0.05, 0.1) is 6.04 Å². The molecule has 1 aromatic heterocycles. The Morgan fingerprint density at radius 2 is 2.07 bits per heavy atom. The molecule has 1 aliphatic carbocycles. The number of pyridine rings is 1. The Balaban J connectivity index is 1.45. The number of ether oxygens (including phenoxy) is 1. The van der Waals surface area contributed by atoms with Gasteiger partial charge >= 0.3 is 0 Å². The Kier molecular flexibility index (Phi) is 4.47. The van der Waals surface area contributed by atoms with Crippen LogP contribution in [0.3, 0.4) is 0 Å². The number of phenols is 1. The van der Waals surface area contributed by atoms with Crippen LogP contribution in [0, 0.1) is 0 Å². The average Bonchev–Trinajstić information content (AvgIpc) is 3.58. The van der Waals surface area contributed by atoms with E-state index in [-0.39, 0.29) is 30.2 Å². The van der Waals surface area contributed by atoms with Gasteiger partial charge in [0.1, 0.15) is 12.4 Å². The second-order valence-corrected chi connectivity index (χ2v) is 7.92. The highest BCUT2D eigenvalue weighted by atomic mass is 16.5. The first-order chi connectivity index (χ1) is 14.1. The highest BCUT2D eigenvalue weighted by Gasteiger charge is 2.48. The Bertz CT molecular complexity index is 944. The van der Waals surface area contributed by atoms with Gasteiger partial charge in [-0.25, -0.2) is 0 Å². The lowest BCUT2D eigenvalue weighted by Gasteiger charge is -2.42. The molecule has 0 spiro atoms. The molecule has 1 aromatic carbocycles. The molecule has 2 aliphatic heterocycles. The number of amides is 2. The standard InChI is InChI=1S/C22H23N3O4/c26-18-5-1-3-15-12-24(10-8-17(15)18)22(28)21-20(14-4-2-9-23-11-14)25(16-6-7-16)19(27)13-29-21/h1-5,9,11,16,20-21,26H,6-8,10,12-13H2/t20-,21+/m1/s1. The van der Waals surface area contributed by atoms with Crippen molar-refractivity contribution in [3.05, 3.63) is 59.4 Å². The van der Waals surface area contributed by atoms with Crippen molar-refractivity contribution in [1.82, 2.24) is 14.8 Å². The van der Waals surface area contributed by atoms with Gasteiger partial charge in [0.25, 0.3) is 5.91 Å². The van der Waals surface area contributed by atoms with Gasteiger partial charge in [-0.1, -0.05) is 18.2 Å². The van der Waals surface area contributed by atoms with Crippen LogP contribution in [-0.4, -0.2) is 57.0 Å². The second-order valence-electron chi connectivity index (χ2n) is 7.92. The van der Waals surface area contributed by atoms with E-state index in [0.717, 1.165) is 29.5 Å². The van der Waals surface area contributed by atoms with E-state index in [1.54, 1.807) is 29.4 Å². The summed E-state index contributed by atoms with van der Waals surface area (Å²) in [5.74, 6) is 0.0903. The van der Waals surface area contributed by atoms with Crippen molar-refractivity contribution < 1.29 is 19.4 Å². The number of fused-ring (bicyclic) bond motifs is 1. The predicted molar refractivity (Wildman–Crippen MR) is 104 cm³/mol. The van der Waals surface area contributed by atoms with Gasteiger partial charge in [0, 0.05) is 37.1 Å². The molecule has 2 fully saturated rings. The zero-order valence-corrected chi connectivity index (χ0v) is 16.0. The minimum atomic E-state index is -0.753. The van der Waals surface area contributed by atoms with Crippen LogP contribution in [0.2, 0.25) is 0 Å². The Morgan fingerprint density at radius 3 is 2.83 bits per heavy atom. The van der Waals surface area contributed by atoms with Gasteiger partial charge in [0.2, 0.25) is 5.91 Å². The van der Waals surface area contributed by atoms with Crippen LogP contribution in [-0.2, 0) is 27.3 Å². The second kappa shape index (κ2) is 7.15. The number of morpholine rings is 1. The van der Waals surface area contributed by atoms with E-state index >= 15 is 0 Å². The molecule has 1 saturated heterocycles. The first kappa shape index (κ1) is 18.1. The van der Waals surface area contributed by atoms with Crippen LogP contribution in [0.5, 0.6) is 5.75 Å². The molecule has 2 amide bonds. The lowest BCUT2D eigenvalue weighted by atomic mass is 9.95.